The van der Waals surface area contributed by atoms with Crippen molar-refractivity contribution in [2.75, 3.05) is 12.3 Å². The van der Waals surface area contributed by atoms with Crippen molar-refractivity contribution in [1.29, 1.82) is 0 Å². The first kappa shape index (κ1) is 13.4. The summed E-state index contributed by atoms with van der Waals surface area (Å²) in [7, 11) is -3.43. The van der Waals surface area contributed by atoms with Crippen molar-refractivity contribution in [3.05, 3.63) is 0 Å². The molecule has 0 saturated heterocycles. The lowest BCUT2D eigenvalue weighted by molar-refractivity contribution is -0.122. The molecule has 0 bridgehead atoms. The van der Waals surface area contributed by atoms with Crippen LogP contribution in [0.3, 0.4) is 0 Å². The topological polar surface area (TPSA) is 89.3 Å². The second kappa shape index (κ2) is 5.98. The Morgan fingerprint density at radius 1 is 1.50 bits per heavy atom. The molecule has 6 heteroatoms. The van der Waals surface area contributed by atoms with E-state index in [4.69, 9.17) is 5.73 Å². The van der Waals surface area contributed by atoms with Crippen LogP contribution in [0.5, 0.6) is 0 Å². The normalized spacial score (nSPS) is 13.6. The highest BCUT2D eigenvalue weighted by Gasteiger charge is 2.18. The number of amides is 1. The number of sulfonamides is 1. The molecular formula is C8H18N2O3S. The molecule has 3 N–H and O–H groups in total. The lowest BCUT2D eigenvalue weighted by Crippen LogP contribution is -2.36. The summed E-state index contributed by atoms with van der Waals surface area (Å²) in [5.74, 6) is -0.843. The van der Waals surface area contributed by atoms with E-state index in [9.17, 15) is 13.2 Å². The van der Waals surface area contributed by atoms with Crippen LogP contribution < -0.4 is 10.5 Å². The first-order chi connectivity index (χ1) is 6.43. The largest absolute Gasteiger partial charge is 0.330 e. The first-order valence-electron chi connectivity index (χ1n) is 4.67. The Kier molecular flexibility index (Phi) is 5.71. The van der Waals surface area contributed by atoms with Crippen LogP contribution in [0.1, 0.15) is 26.7 Å². The first-order valence-corrected chi connectivity index (χ1v) is 6.32. The van der Waals surface area contributed by atoms with E-state index in [0.717, 1.165) is 0 Å². The zero-order valence-corrected chi connectivity index (χ0v) is 9.43. The fraction of sp³-hybridized carbons (Fsp3) is 0.875. The van der Waals surface area contributed by atoms with Gasteiger partial charge in [-0.25, -0.2) is 8.42 Å². The molecule has 1 atom stereocenters. The zero-order valence-electron chi connectivity index (χ0n) is 8.62. The number of rotatable bonds is 6. The Labute approximate surface area is 85.1 Å². The van der Waals surface area contributed by atoms with Crippen molar-refractivity contribution in [3.63, 3.8) is 0 Å². The zero-order chi connectivity index (χ0) is 11.2. The maximum atomic E-state index is 11.3. The lowest BCUT2D eigenvalue weighted by Gasteiger charge is -2.10. The van der Waals surface area contributed by atoms with Crippen molar-refractivity contribution >= 4 is 15.9 Å². The molecule has 5 nitrogen and oxygen atoms in total. The number of nitrogens with two attached hydrogens (primary N) is 1. The predicted molar refractivity (Wildman–Crippen MR) is 55.1 cm³/mol. The van der Waals surface area contributed by atoms with Gasteiger partial charge in [0.15, 0.2) is 0 Å². The molecule has 0 aliphatic carbocycles. The Bertz CT molecular complexity index is 274. The third kappa shape index (κ3) is 5.18. The van der Waals surface area contributed by atoms with Crippen LogP contribution in [-0.2, 0) is 14.8 Å². The van der Waals surface area contributed by atoms with Gasteiger partial charge in [-0.2, -0.15) is 0 Å². The highest BCUT2D eigenvalue weighted by molar-refractivity contribution is 7.90. The summed E-state index contributed by atoms with van der Waals surface area (Å²) < 4.78 is 24.4. The standard InChI is InChI=1S/C8H18N2O3S/c1-3-6-14(12,13)10-8(11)7(2)4-5-9/h7H,3-6,9H2,1-2H3,(H,10,11). The second-order valence-corrected chi connectivity index (χ2v) is 5.11. The summed E-state index contributed by atoms with van der Waals surface area (Å²) in [4.78, 5) is 11.3. The Balaban J connectivity index is 4.18. The van der Waals surface area contributed by atoms with Crippen LogP contribution in [-0.4, -0.2) is 26.6 Å². The minimum atomic E-state index is -3.43. The molecular weight excluding hydrogens is 204 g/mol. The van der Waals surface area contributed by atoms with E-state index in [0.29, 0.717) is 19.4 Å². The number of hydrogen-bond acceptors (Lipinski definition) is 4. The van der Waals surface area contributed by atoms with Crippen molar-refractivity contribution in [3.8, 4) is 0 Å². The van der Waals surface area contributed by atoms with Gasteiger partial charge in [0.2, 0.25) is 15.9 Å². The monoisotopic (exact) mass is 222 g/mol. The summed E-state index contributed by atoms with van der Waals surface area (Å²) in [5, 5.41) is 0. The molecule has 0 rings (SSSR count). The number of carbonyl (C=O) groups excluding carboxylic acids is 1. The number of carbonyl (C=O) groups is 1. The van der Waals surface area contributed by atoms with Crippen LogP contribution in [0.25, 0.3) is 0 Å². The van der Waals surface area contributed by atoms with Gasteiger partial charge in [-0.05, 0) is 19.4 Å². The minimum absolute atomic E-state index is 0.0198. The highest BCUT2D eigenvalue weighted by Crippen LogP contribution is 2.01. The van der Waals surface area contributed by atoms with Crippen molar-refractivity contribution in [1.82, 2.24) is 4.72 Å². The van der Waals surface area contributed by atoms with Gasteiger partial charge in [0, 0.05) is 5.92 Å². The van der Waals surface area contributed by atoms with Gasteiger partial charge in [-0.3, -0.25) is 9.52 Å². The summed E-state index contributed by atoms with van der Waals surface area (Å²) in [6.45, 7) is 3.78. The summed E-state index contributed by atoms with van der Waals surface area (Å²) in [6, 6.07) is 0. The van der Waals surface area contributed by atoms with Crippen LogP contribution >= 0.6 is 0 Å². The van der Waals surface area contributed by atoms with Gasteiger partial charge in [-0.15, -0.1) is 0 Å². The van der Waals surface area contributed by atoms with E-state index in [1.165, 1.54) is 0 Å². The Morgan fingerprint density at radius 3 is 2.50 bits per heavy atom. The number of hydrogen-bond donors (Lipinski definition) is 2. The maximum absolute atomic E-state index is 11.3. The van der Waals surface area contributed by atoms with E-state index in [1.54, 1.807) is 13.8 Å². The molecule has 84 valence electrons. The van der Waals surface area contributed by atoms with Gasteiger partial charge >= 0.3 is 0 Å². The van der Waals surface area contributed by atoms with E-state index in [1.807, 2.05) is 4.72 Å². The molecule has 0 heterocycles. The second-order valence-electron chi connectivity index (χ2n) is 3.26. The van der Waals surface area contributed by atoms with Crippen molar-refractivity contribution in [2.24, 2.45) is 11.7 Å². The van der Waals surface area contributed by atoms with E-state index in [2.05, 4.69) is 0 Å². The van der Waals surface area contributed by atoms with Gasteiger partial charge in [0.05, 0.1) is 5.75 Å². The molecule has 1 unspecified atom stereocenters. The molecule has 0 fully saturated rings. The fourth-order valence-electron chi connectivity index (χ4n) is 0.955. The molecule has 0 aromatic rings. The third-order valence-corrected chi connectivity index (χ3v) is 3.23. The summed E-state index contributed by atoms with van der Waals surface area (Å²) in [5.41, 5.74) is 5.26. The SMILES string of the molecule is CCCS(=O)(=O)NC(=O)C(C)CCN. The van der Waals surface area contributed by atoms with Crippen molar-refractivity contribution in [2.45, 2.75) is 26.7 Å². The molecule has 0 radical (unpaired) electrons. The van der Waals surface area contributed by atoms with Gasteiger partial charge < -0.3 is 5.73 Å². The molecule has 1 amide bonds. The van der Waals surface area contributed by atoms with Gasteiger partial charge in [0.25, 0.3) is 0 Å². The third-order valence-electron chi connectivity index (χ3n) is 1.78. The molecule has 0 aliphatic heterocycles. The smallest absolute Gasteiger partial charge is 0.236 e. The molecule has 14 heavy (non-hydrogen) atoms. The predicted octanol–water partition coefficient (Wildman–Crippen LogP) is -0.173. The van der Waals surface area contributed by atoms with Crippen LogP contribution in [0.15, 0.2) is 0 Å². The molecule has 0 saturated carbocycles. The Morgan fingerprint density at radius 2 is 2.07 bits per heavy atom. The maximum Gasteiger partial charge on any atom is 0.236 e. The van der Waals surface area contributed by atoms with Gasteiger partial charge in [0.1, 0.15) is 0 Å². The highest BCUT2D eigenvalue weighted by atomic mass is 32.2. The lowest BCUT2D eigenvalue weighted by atomic mass is 10.1. The molecule has 0 spiro atoms. The minimum Gasteiger partial charge on any atom is -0.330 e. The average Bonchev–Trinajstić information content (AvgIpc) is 2.03. The molecule has 0 aromatic heterocycles. The number of nitrogens with one attached hydrogen (secondary N) is 1. The summed E-state index contributed by atoms with van der Waals surface area (Å²) >= 11 is 0. The molecule has 0 aromatic carbocycles. The van der Waals surface area contributed by atoms with Crippen molar-refractivity contribution < 1.29 is 13.2 Å². The van der Waals surface area contributed by atoms with Crippen LogP contribution in [0.4, 0.5) is 0 Å². The fourth-order valence-corrected chi connectivity index (χ4v) is 2.10. The van der Waals surface area contributed by atoms with Crippen LogP contribution in [0, 0.1) is 5.92 Å². The van der Waals surface area contributed by atoms with E-state index in [-0.39, 0.29) is 11.7 Å². The van der Waals surface area contributed by atoms with E-state index < -0.39 is 15.9 Å². The summed E-state index contributed by atoms with van der Waals surface area (Å²) in [6.07, 6.45) is 0.987. The quantitative estimate of drug-likeness (QED) is 0.653. The molecule has 0 aliphatic rings. The van der Waals surface area contributed by atoms with E-state index >= 15 is 0 Å². The average molecular weight is 222 g/mol. The van der Waals surface area contributed by atoms with Gasteiger partial charge in [-0.1, -0.05) is 13.8 Å². The Hall–Kier alpha value is -0.620. The van der Waals surface area contributed by atoms with Crippen LogP contribution in [0.2, 0.25) is 0 Å².